The van der Waals surface area contributed by atoms with Crippen LogP contribution in [-0.4, -0.2) is 11.6 Å². The molecule has 0 bridgehead atoms. The maximum atomic E-state index is 8.60. The van der Waals surface area contributed by atoms with E-state index in [2.05, 4.69) is 4.98 Å². The third-order valence-corrected chi connectivity index (χ3v) is 2.81. The van der Waals surface area contributed by atoms with Crippen LogP contribution in [-0.2, 0) is 0 Å². The Balaban J connectivity index is 1.85. The van der Waals surface area contributed by atoms with Crippen molar-refractivity contribution in [2.45, 2.75) is 25.7 Å². The highest BCUT2D eigenvalue weighted by Crippen LogP contribution is 2.25. The minimum Gasteiger partial charge on any atom is -0.477 e. The maximum absolute atomic E-state index is 8.60. The number of aromatic nitrogens is 1. The molecule has 1 aromatic rings. The first kappa shape index (κ1) is 9.97. The molecule has 0 unspecified atom stereocenters. The molecule has 3 heteroatoms. The molecule has 0 amide bonds. The summed E-state index contributed by atoms with van der Waals surface area (Å²) in [5.41, 5.74) is 0.572. The molecular formula is C12H14N2O. The Hall–Kier alpha value is -1.56. The molecule has 0 saturated heterocycles. The van der Waals surface area contributed by atoms with Gasteiger partial charge in [-0.1, -0.05) is 12.8 Å². The Morgan fingerprint density at radius 2 is 2.20 bits per heavy atom. The Morgan fingerprint density at radius 1 is 1.40 bits per heavy atom. The summed E-state index contributed by atoms with van der Waals surface area (Å²) >= 11 is 0. The second-order valence-corrected chi connectivity index (χ2v) is 3.96. The van der Waals surface area contributed by atoms with Crippen LogP contribution >= 0.6 is 0 Å². The lowest BCUT2D eigenvalue weighted by molar-refractivity contribution is 0.243. The van der Waals surface area contributed by atoms with E-state index in [1.807, 2.05) is 6.07 Å². The van der Waals surface area contributed by atoms with Gasteiger partial charge in [-0.2, -0.15) is 5.26 Å². The van der Waals surface area contributed by atoms with E-state index in [1.54, 1.807) is 18.3 Å². The van der Waals surface area contributed by atoms with Gasteiger partial charge in [-0.25, -0.2) is 4.98 Å². The number of nitrogens with zero attached hydrogens (tertiary/aromatic N) is 2. The molecule has 1 heterocycles. The summed E-state index contributed by atoms with van der Waals surface area (Å²) in [5, 5.41) is 8.60. The van der Waals surface area contributed by atoms with E-state index in [0.717, 1.165) is 6.61 Å². The summed E-state index contributed by atoms with van der Waals surface area (Å²) in [6.45, 7) is 0.763. The van der Waals surface area contributed by atoms with Crippen molar-refractivity contribution in [1.82, 2.24) is 4.98 Å². The third kappa shape index (κ3) is 2.69. The van der Waals surface area contributed by atoms with Gasteiger partial charge in [0.15, 0.2) is 0 Å². The maximum Gasteiger partial charge on any atom is 0.213 e. The van der Waals surface area contributed by atoms with Crippen molar-refractivity contribution in [2.75, 3.05) is 6.61 Å². The first-order valence-corrected chi connectivity index (χ1v) is 5.37. The highest BCUT2D eigenvalue weighted by atomic mass is 16.5. The minimum atomic E-state index is 0.572. The van der Waals surface area contributed by atoms with E-state index < -0.39 is 0 Å². The lowest BCUT2D eigenvalue weighted by atomic mass is 10.1. The first-order chi connectivity index (χ1) is 7.38. The average molecular weight is 202 g/mol. The van der Waals surface area contributed by atoms with Crippen LogP contribution in [0.15, 0.2) is 18.3 Å². The van der Waals surface area contributed by atoms with Crippen LogP contribution in [0.5, 0.6) is 5.88 Å². The van der Waals surface area contributed by atoms with Crippen molar-refractivity contribution in [3.63, 3.8) is 0 Å². The minimum absolute atomic E-state index is 0.572. The summed E-state index contributed by atoms with van der Waals surface area (Å²) in [6, 6.07) is 5.52. The number of hydrogen-bond donors (Lipinski definition) is 0. The molecule has 1 aliphatic carbocycles. The van der Waals surface area contributed by atoms with Crippen LogP contribution in [0.2, 0.25) is 0 Å². The van der Waals surface area contributed by atoms with E-state index in [-0.39, 0.29) is 0 Å². The van der Waals surface area contributed by atoms with Gasteiger partial charge < -0.3 is 4.74 Å². The van der Waals surface area contributed by atoms with Gasteiger partial charge in [0.25, 0.3) is 0 Å². The molecule has 1 aromatic heterocycles. The molecule has 0 N–H and O–H groups in total. The topological polar surface area (TPSA) is 45.9 Å². The van der Waals surface area contributed by atoms with E-state index in [9.17, 15) is 0 Å². The van der Waals surface area contributed by atoms with Gasteiger partial charge in [-0.15, -0.1) is 0 Å². The lowest BCUT2D eigenvalue weighted by Gasteiger charge is -2.09. The van der Waals surface area contributed by atoms with Crippen molar-refractivity contribution in [2.24, 2.45) is 5.92 Å². The molecule has 1 fully saturated rings. The van der Waals surface area contributed by atoms with Crippen molar-refractivity contribution in [3.05, 3.63) is 23.9 Å². The average Bonchev–Trinajstić information content (AvgIpc) is 2.80. The Kier molecular flexibility index (Phi) is 3.18. The van der Waals surface area contributed by atoms with Crippen LogP contribution in [0.4, 0.5) is 0 Å². The molecule has 0 spiro atoms. The fraction of sp³-hybridized carbons (Fsp3) is 0.500. The Bertz CT molecular complexity index is 347. The van der Waals surface area contributed by atoms with Gasteiger partial charge in [-0.05, 0) is 24.8 Å². The zero-order chi connectivity index (χ0) is 10.5. The van der Waals surface area contributed by atoms with E-state index in [1.165, 1.54) is 25.7 Å². The van der Waals surface area contributed by atoms with Gasteiger partial charge >= 0.3 is 0 Å². The highest BCUT2D eigenvalue weighted by Gasteiger charge is 2.15. The lowest BCUT2D eigenvalue weighted by Crippen LogP contribution is -2.08. The van der Waals surface area contributed by atoms with Gasteiger partial charge in [0.05, 0.1) is 12.2 Å². The number of nitriles is 1. The van der Waals surface area contributed by atoms with Gasteiger partial charge in [0.2, 0.25) is 5.88 Å². The number of ether oxygens (including phenoxy) is 1. The molecule has 15 heavy (non-hydrogen) atoms. The molecule has 2 rings (SSSR count). The largest absolute Gasteiger partial charge is 0.477 e. The highest BCUT2D eigenvalue weighted by molar-refractivity contribution is 5.28. The smallest absolute Gasteiger partial charge is 0.213 e. The summed E-state index contributed by atoms with van der Waals surface area (Å²) in [7, 11) is 0. The predicted molar refractivity (Wildman–Crippen MR) is 56.4 cm³/mol. The SMILES string of the molecule is N#Cc1ccc(OCC2CCCC2)nc1. The fourth-order valence-corrected chi connectivity index (χ4v) is 1.91. The molecular weight excluding hydrogens is 188 g/mol. The third-order valence-electron chi connectivity index (χ3n) is 2.81. The van der Waals surface area contributed by atoms with Crippen molar-refractivity contribution in [1.29, 1.82) is 5.26 Å². The number of rotatable bonds is 3. The van der Waals surface area contributed by atoms with Gasteiger partial charge in [-0.3, -0.25) is 0 Å². The van der Waals surface area contributed by atoms with Crippen molar-refractivity contribution >= 4 is 0 Å². The van der Waals surface area contributed by atoms with E-state index in [4.69, 9.17) is 10.00 Å². The monoisotopic (exact) mass is 202 g/mol. The van der Waals surface area contributed by atoms with Crippen molar-refractivity contribution in [3.8, 4) is 11.9 Å². The van der Waals surface area contributed by atoms with Crippen LogP contribution in [0.25, 0.3) is 0 Å². The Labute approximate surface area is 89.7 Å². The van der Waals surface area contributed by atoms with Gasteiger partial charge in [0, 0.05) is 12.3 Å². The summed E-state index contributed by atoms with van der Waals surface area (Å²) in [5.74, 6) is 1.32. The molecule has 0 aromatic carbocycles. The van der Waals surface area contributed by atoms with Crippen LogP contribution in [0.3, 0.4) is 0 Å². The van der Waals surface area contributed by atoms with Crippen LogP contribution in [0, 0.1) is 17.2 Å². The molecule has 3 nitrogen and oxygen atoms in total. The molecule has 78 valence electrons. The molecule has 0 aliphatic heterocycles. The second-order valence-electron chi connectivity index (χ2n) is 3.96. The molecule has 1 saturated carbocycles. The van der Waals surface area contributed by atoms with Crippen molar-refractivity contribution < 1.29 is 4.74 Å². The summed E-state index contributed by atoms with van der Waals surface area (Å²) in [4.78, 5) is 4.07. The molecule has 0 radical (unpaired) electrons. The normalized spacial score (nSPS) is 16.2. The molecule has 1 aliphatic rings. The van der Waals surface area contributed by atoms with E-state index in [0.29, 0.717) is 17.4 Å². The second kappa shape index (κ2) is 4.79. The quantitative estimate of drug-likeness (QED) is 0.756. The predicted octanol–water partition coefficient (Wildman–Crippen LogP) is 2.52. The van der Waals surface area contributed by atoms with Crippen LogP contribution in [0.1, 0.15) is 31.2 Å². The standard InChI is InChI=1S/C12H14N2O/c13-7-11-5-6-12(14-8-11)15-9-10-3-1-2-4-10/h5-6,8,10H,1-4,9H2. The summed E-state index contributed by atoms with van der Waals surface area (Å²) in [6.07, 6.45) is 6.75. The fourth-order valence-electron chi connectivity index (χ4n) is 1.91. The zero-order valence-electron chi connectivity index (χ0n) is 8.65. The zero-order valence-corrected chi connectivity index (χ0v) is 8.65. The Morgan fingerprint density at radius 3 is 2.80 bits per heavy atom. The van der Waals surface area contributed by atoms with Crippen LogP contribution < -0.4 is 4.74 Å². The number of hydrogen-bond acceptors (Lipinski definition) is 3. The summed E-state index contributed by atoms with van der Waals surface area (Å²) < 4.78 is 5.57. The van der Waals surface area contributed by atoms with E-state index >= 15 is 0 Å². The van der Waals surface area contributed by atoms with Gasteiger partial charge in [0.1, 0.15) is 6.07 Å². The first-order valence-electron chi connectivity index (χ1n) is 5.37. The molecule has 0 atom stereocenters. The number of pyridine rings is 1.